The predicted molar refractivity (Wildman–Crippen MR) is 209 cm³/mol. The Morgan fingerprint density at radius 1 is 0.741 bits per heavy atom. The lowest BCUT2D eigenvalue weighted by Crippen LogP contribution is -2.47. The SMILES string of the molecule is C=IC(F)(F)c1ccc(-c2ccccc2C(=O)N2CCC(C(=O)NCCCCCC3(C(=O)NCC(F)(F)F)c4ccccc4-c4ccccc43)CC2)cc1. The number of carbonyl (C=O) groups excluding carboxylic acids is 3. The van der Waals surface area contributed by atoms with E-state index in [-0.39, 0.29) is 23.3 Å². The lowest BCUT2D eigenvalue weighted by Gasteiger charge is -2.32. The van der Waals surface area contributed by atoms with Gasteiger partial charge in [0.15, 0.2) is 0 Å². The molecule has 0 atom stereocenters. The molecular weight excluding hydrogens is 816 g/mol. The molecule has 0 radical (unpaired) electrons. The molecule has 2 aliphatic rings. The van der Waals surface area contributed by atoms with Crippen molar-refractivity contribution in [2.75, 3.05) is 26.2 Å². The third kappa shape index (κ3) is 8.28. The first-order chi connectivity index (χ1) is 25.9. The number of unbranched alkanes of at least 4 members (excludes halogenated alkanes) is 2. The van der Waals surface area contributed by atoms with Crippen molar-refractivity contribution >= 4 is 43.0 Å². The first-order valence-electron chi connectivity index (χ1n) is 17.9. The van der Waals surface area contributed by atoms with Crippen molar-refractivity contribution in [3.05, 3.63) is 119 Å². The number of halogens is 6. The second-order valence-corrected chi connectivity index (χ2v) is 15.8. The standard InChI is InChI=1S/C42H41F5IN3O3/c1-48-42(46,47)30-19-17-28(18-20-30)31-11-3-4-14-34(31)38(53)51-25-21-29(22-26-51)37(52)49-24-10-2-9-23-40(39(54)50-27-41(43,44)45)35-15-7-5-12-32(35)33-13-6-8-16-36(33)40/h3-8,11-20,29H,1-2,9-10,21-27H2,(H,49,52)(H,50,54). The summed E-state index contributed by atoms with van der Waals surface area (Å²) >= 11 is -1.56. The molecule has 1 aliphatic heterocycles. The van der Waals surface area contributed by atoms with Crippen LogP contribution in [-0.4, -0.2) is 59.5 Å². The van der Waals surface area contributed by atoms with Crippen LogP contribution >= 0.6 is 20.7 Å². The summed E-state index contributed by atoms with van der Waals surface area (Å²) < 4.78 is 68.3. The van der Waals surface area contributed by atoms with Crippen molar-refractivity contribution in [3.63, 3.8) is 0 Å². The van der Waals surface area contributed by atoms with E-state index < -0.39 is 48.7 Å². The van der Waals surface area contributed by atoms with Crippen molar-refractivity contribution in [2.24, 2.45) is 5.92 Å². The Hall–Kier alpha value is -4.46. The molecule has 0 saturated carbocycles. The number of hydrogen-bond acceptors (Lipinski definition) is 3. The largest absolute Gasteiger partial charge is 0.405 e. The minimum atomic E-state index is -4.54. The van der Waals surface area contributed by atoms with Gasteiger partial charge in [0.1, 0.15) is 12.0 Å². The number of nitrogens with one attached hydrogen (secondary N) is 2. The van der Waals surface area contributed by atoms with Gasteiger partial charge in [0.2, 0.25) is 11.8 Å². The smallest absolute Gasteiger partial charge is 0.356 e. The van der Waals surface area contributed by atoms with Crippen LogP contribution in [0.4, 0.5) is 22.0 Å². The molecule has 6 rings (SSSR count). The van der Waals surface area contributed by atoms with Gasteiger partial charge in [0.25, 0.3) is 5.91 Å². The fourth-order valence-electron chi connectivity index (χ4n) is 7.68. The fourth-order valence-corrected chi connectivity index (χ4v) is 8.48. The van der Waals surface area contributed by atoms with E-state index in [4.69, 9.17) is 0 Å². The first kappa shape index (κ1) is 39.2. The van der Waals surface area contributed by atoms with Gasteiger partial charge in [0.05, 0.1) is 0 Å². The molecular formula is C42H41F5IN3O3. The molecule has 1 heterocycles. The van der Waals surface area contributed by atoms with E-state index in [2.05, 4.69) is 15.1 Å². The molecule has 0 unspecified atom stereocenters. The minimum Gasteiger partial charge on any atom is -0.356 e. The van der Waals surface area contributed by atoms with Crippen molar-refractivity contribution in [3.8, 4) is 22.3 Å². The molecule has 0 bridgehead atoms. The third-order valence-electron chi connectivity index (χ3n) is 10.4. The molecule has 12 heteroatoms. The highest BCUT2D eigenvalue weighted by Crippen LogP contribution is 2.51. The van der Waals surface area contributed by atoms with Crippen LogP contribution < -0.4 is 10.6 Å². The highest BCUT2D eigenvalue weighted by atomic mass is 127. The van der Waals surface area contributed by atoms with Crippen molar-refractivity contribution in [1.82, 2.24) is 15.5 Å². The summed E-state index contributed by atoms with van der Waals surface area (Å²) in [6, 6.07) is 27.8. The zero-order chi connectivity index (χ0) is 38.5. The molecule has 1 fully saturated rings. The number of likely N-dealkylation sites (tertiary alicyclic amines) is 1. The summed E-state index contributed by atoms with van der Waals surface area (Å²) in [5.41, 5.74) is 3.50. The number of rotatable bonds is 13. The molecule has 1 saturated heterocycles. The van der Waals surface area contributed by atoms with Crippen LogP contribution in [0.3, 0.4) is 0 Å². The molecule has 3 amide bonds. The first-order valence-corrected chi connectivity index (χ1v) is 20.5. The van der Waals surface area contributed by atoms with E-state index in [1.165, 1.54) is 12.1 Å². The summed E-state index contributed by atoms with van der Waals surface area (Å²) in [7, 11) is 0. The van der Waals surface area contributed by atoms with Crippen LogP contribution in [0.5, 0.6) is 0 Å². The van der Waals surface area contributed by atoms with Gasteiger partial charge in [-0.05, 0) is 85.9 Å². The van der Waals surface area contributed by atoms with Crippen LogP contribution in [0.2, 0.25) is 0 Å². The Kier molecular flexibility index (Phi) is 12.0. The molecule has 54 heavy (non-hydrogen) atoms. The summed E-state index contributed by atoms with van der Waals surface area (Å²) in [4.78, 5) is 42.1. The molecule has 284 valence electrons. The average Bonchev–Trinajstić information content (AvgIpc) is 3.48. The van der Waals surface area contributed by atoms with E-state index in [0.29, 0.717) is 86.0 Å². The zero-order valence-corrected chi connectivity index (χ0v) is 31.7. The lowest BCUT2D eigenvalue weighted by atomic mass is 9.73. The van der Waals surface area contributed by atoms with E-state index in [9.17, 15) is 36.3 Å². The molecule has 4 aromatic carbocycles. The second-order valence-electron chi connectivity index (χ2n) is 13.7. The number of alkyl halides is 6. The van der Waals surface area contributed by atoms with E-state index >= 15 is 0 Å². The van der Waals surface area contributed by atoms with Crippen LogP contribution in [0.1, 0.15) is 65.6 Å². The van der Waals surface area contributed by atoms with Crippen LogP contribution in [0.25, 0.3) is 22.3 Å². The van der Waals surface area contributed by atoms with E-state index in [1.54, 1.807) is 53.4 Å². The molecule has 6 nitrogen and oxygen atoms in total. The summed E-state index contributed by atoms with van der Waals surface area (Å²) in [6.45, 7) is -0.216. The quantitative estimate of drug-likeness (QED) is 0.0611. The van der Waals surface area contributed by atoms with Crippen LogP contribution in [0, 0.1) is 5.92 Å². The number of piperidine rings is 1. The van der Waals surface area contributed by atoms with Crippen LogP contribution in [-0.2, 0) is 18.9 Å². The summed E-state index contributed by atoms with van der Waals surface area (Å²) in [5, 5.41) is 5.16. The Morgan fingerprint density at radius 2 is 1.31 bits per heavy atom. The maximum Gasteiger partial charge on any atom is 0.405 e. The number of benzene rings is 4. The summed E-state index contributed by atoms with van der Waals surface area (Å²) in [6.07, 6.45) is -1.43. The number of hydrogen-bond donors (Lipinski definition) is 2. The third-order valence-corrected chi connectivity index (χ3v) is 12.0. The normalized spacial score (nSPS) is 15.3. The Balaban J connectivity index is 1.01. The summed E-state index contributed by atoms with van der Waals surface area (Å²) in [5.74, 6) is -1.21. The second kappa shape index (κ2) is 16.5. The monoisotopic (exact) mass is 857 g/mol. The Bertz CT molecular complexity index is 1960. The number of nitrogens with zero attached hydrogens (tertiary/aromatic N) is 1. The fraction of sp³-hybridized carbons (Fsp3) is 0.333. The van der Waals surface area contributed by atoms with Crippen LogP contribution in [0.15, 0.2) is 97.1 Å². The number of fused-ring (bicyclic) bond motifs is 3. The van der Waals surface area contributed by atoms with E-state index in [0.717, 1.165) is 11.1 Å². The maximum absolute atomic E-state index is 14.2. The van der Waals surface area contributed by atoms with Gasteiger partial charge in [-0.15, -0.1) is 0 Å². The number of amides is 3. The van der Waals surface area contributed by atoms with Crippen molar-refractivity contribution < 1.29 is 36.3 Å². The number of carbonyl (C=O) groups is 3. The van der Waals surface area contributed by atoms with Gasteiger partial charge in [-0.2, -0.15) is 22.0 Å². The van der Waals surface area contributed by atoms with E-state index in [1.807, 2.05) is 36.4 Å². The molecule has 1 aliphatic carbocycles. The van der Waals surface area contributed by atoms with Gasteiger partial charge in [-0.1, -0.05) is 108 Å². The van der Waals surface area contributed by atoms with Gasteiger partial charge in [0, 0.05) is 36.7 Å². The topological polar surface area (TPSA) is 78.5 Å². The average molecular weight is 858 g/mol. The van der Waals surface area contributed by atoms with Crippen molar-refractivity contribution in [1.29, 1.82) is 0 Å². The highest BCUT2D eigenvalue weighted by Gasteiger charge is 2.49. The Morgan fingerprint density at radius 3 is 1.91 bits per heavy atom. The maximum atomic E-state index is 14.2. The van der Waals surface area contributed by atoms with Crippen molar-refractivity contribution in [2.45, 2.75) is 54.0 Å². The van der Waals surface area contributed by atoms with Gasteiger partial charge in [-0.3, -0.25) is 14.4 Å². The molecule has 2 N–H and O–H groups in total. The molecule has 0 spiro atoms. The Labute approximate surface area is 321 Å². The van der Waals surface area contributed by atoms with Gasteiger partial charge < -0.3 is 15.5 Å². The highest BCUT2D eigenvalue weighted by molar-refractivity contribution is 14.2. The van der Waals surface area contributed by atoms with Gasteiger partial charge >= 0.3 is 10.1 Å². The van der Waals surface area contributed by atoms with Gasteiger partial charge in [-0.25, -0.2) is 0 Å². The predicted octanol–water partition coefficient (Wildman–Crippen LogP) is 8.98. The zero-order valence-electron chi connectivity index (χ0n) is 29.5. The molecule has 0 aromatic heterocycles. The lowest BCUT2D eigenvalue weighted by molar-refractivity contribution is -0.141. The molecule has 4 aromatic rings. The minimum absolute atomic E-state index is 0.0830.